The average Bonchev–Trinajstić information content (AvgIpc) is 2.78. The van der Waals surface area contributed by atoms with Gasteiger partial charge in [0.05, 0.1) is 6.26 Å². The lowest BCUT2D eigenvalue weighted by atomic mass is 9.84. The van der Waals surface area contributed by atoms with Crippen LogP contribution in [0.1, 0.15) is 25.0 Å². The van der Waals surface area contributed by atoms with Crippen LogP contribution in [0.2, 0.25) is 0 Å². The fourth-order valence-electron chi connectivity index (χ4n) is 2.09. The summed E-state index contributed by atoms with van der Waals surface area (Å²) in [5.41, 5.74) is 0. The van der Waals surface area contributed by atoms with Crippen LogP contribution in [0.25, 0.3) is 0 Å². The zero-order valence-electron chi connectivity index (χ0n) is 10.1. The van der Waals surface area contributed by atoms with E-state index in [1.807, 2.05) is 10.6 Å². The fourth-order valence-corrected chi connectivity index (χ4v) is 2.09. The number of hydrogen-bond acceptors (Lipinski definition) is 5. The van der Waals surface area contributed by atoms with Gasteiger partial charge in [-0.2, -0.15) is 0 Å². The van der Waals surface area contributed by atoms with Crippen molar-refractivity contribution in [2.24, 2.45) is 5.92 Å². The summed E-state index contributed by atoms with van der Waals surface area (Å²) in [7, 11) is 0. The minimum Gasteiger partial charge on any atom is -0.469 e. The molecule has 4 amide bonds. The predicted octanol–water partition coefficient (Wildman–Crippen LogP) is 0.324. The van der Waals surface area contributed by atoms with Crippen molar-refractivity contribution in [2.45, 2.75) is 19.3 Å². The Morgan fingerprint density at radius 1 is 1.32 bits per heavy atom. The summed E-state index contributed by atoms with van der Waals surface area (Å²) >= 11 is 0. The van der Waals surface area contributed by atoms with Crippen LogP contribution >= 0.6 is 0 Å². The van der Waals surface area contributed by atoms with Crippen molar-refractivity contribution in [3.05, 3.63) is 24.2 Å². The number of amides is 4. The van der Waals surface area contributed by atoms with Gasteiger partial charge in [-0.1, -0.05) is 0 Å². The Morgan fingerprint density at radius 3 is 2.42 bits per heavy atom. The van der Waals surface area contributed by atoms with Crippen LogP contribution in [0.4, 0.5) is 4.79 Å². The van der Waals surface area contributed by atoms with E-state index in [9.17, 15) is 19.2 Å². The summed E-state index contributed by atoms with van der Waals surface area (Å²) in [5, 5.41) is 4.03. The number of barbiturate groups is 1. The SMILES string of the molecule is CC(=O)CC(c1ccco1)C1C(=O)NC(=O)NC1=O. The molecule has 2 heterocycles. The summed E-state index contributed by atoms with van der Waals surface area (Å²) in [6, 6.07) is 2.34. The van der Waals surface area contributed by atoms with Crippen LogP contribution in [0.3, 0.4) is 0 Å². The Hall–Kier alpha value is -2.44. The van der Waals surface area contributed by atoms with E-state index in [4.69, 9.17) is 4.42 Å². The molecule has 0 radical (unpaired) electrons. The molecule has 1 aromatic rings. The van der Waals surface area contributed by atoms with Crippen molar-refractivity contribution in [2.75, 3.05) is 0 Å². The van der Waals surface area contributed by atoms with Gasteiger partial charge in [0.15, 0.2) is 0 Å². The van der Waals surface area contributed by atoms with Crippen molar-refractivity contribution in [3.63, 3.8) is 0 Å². The second-order valence-corrected chi connectivity index (χ2v) is 4.31. The van der Waals surface area contributed by atoms with E-state index in [-0.39, 0.29) is 12.2 Å². The molecule has 0 aromatic carbocycles. The van der Waals surface area contributed by atoms with Gasteiger partial charge in [0.25, 0.3) is 0 Å². The Bertz CT molecular complexity index is 514. The summed E-state index contributed by atoms with van der Waals surface area (Å²) in [6.45, 7) is 1.36. The van der Waals surface area contributed by atoms with E-state index in [0.717, 1.165) is 0 Å². The van der Waals surface area contributed by atoms with E-state index in [0.29, 0.717) is 5.76 Å². The third-order valence-corrected chi connectivity index (χ3v) is 2.86. The Balaban J connectivity index is 2.32. The van der Waals surface area contributed by atoms with Crippen LogP contribution in [0.15, 0.2) is 22.8 Å². The molecule has 1 aliphatic rings. The van der Waals surface area contributed by atoms with Gasteiger partial charge in [-0.05, 0) is 19.1 Å². The van der Waals surface area contributed by atoms with Crippen LogP contribution in [0.5, 0.6) is 0 Å². The van der Waals surface area contributed by atoms with Gasteiger partial charge in [-0.25, -0.2) is 4.79 Å². The van der Waals surface area contributed by atoms with E-state index < -0.39 is 29.7 Å². The Morgan fingerprint density at radius 2 is 1.95 bits per heavy atom. The van der Waals surface area contributed by atoms with Gasteiger partial charge < -0.3 is 9.21 Å². The molecular weight excluding hydrogens is 252 g/mol. The number of Topliss-reactive ketones (excluding diaryl/α,β-unsaturated/α-hetero) is 1. The molecule has 1 aromatic heterocycles. The van der Waals surface area contributed by atoms with Gasteiger partial charge in [0.2, 0.25) is 11.8 Å². The van der Waals surface area contributed by atoms with E-state index in [1.54, 1.807) is 12.1 Å². The zero-order chi connectivity index (χ0) is 14.0. The van der Waals surface area contributed by atoms with Crippen molar-refractivity contribution in [3.8, 4) is 0 Å². The first-order valence-corrected chi connectivity index (χ1v) is 5.67. The third-order valence-electron chi connectivity index (χ3n) is 2.86. The molecule has 7 heteroatoms. The minimum atomic E-state index is -1.16. The molecule has 1 unspecified atom stereocenters. The first-order valence-electron chi connectivity index (χ1n) is 5.67. The molecule has 19 heavy (non-hydrogen) atoms. The summed E-state index contributed by atoms with van der Waals surface area (Å²) in [6.07, 6.45) is 1.37. The number of nitrogens with one attached hydrogen (secondary N) is 2. The molecule has 1 atom stereocenters. The average molecular weight is 264 g/mol. The molecule has 0 bridgehead atoms. The second kappa shape index (κ2) is 5.05. The molecule has 1 fully saturated rings. The normalized spacial score (nSPS) is 17.8. The molecule has 1 aliphatic heterocycles. The monoisotopic (exact) mass is 264 g/mol. The minimum absolute atomic E-state index is 0.0206. The zero-order valence-corrected chi connectivity index (χ0v) is 10.1. The summed E-state index contributed by atoms with van der Waals surface area (Å²) in [4.78, 5) is 45.9. The first kappa shape index (κ1) is 13.0. The summed E-state index contributed by atoms with van der Waals surface area (Å²) < 4.78 is 5.18. The highest BCUT2D eigenvalue weighted by Crippen LogP contribution is 2.30. The van der Waals surface area contributed by atoms with Gasteiger partial charge >= 0.3 is 6.03 Å². The lowest BCUT2D eigenvalue weighted by Crippen LogP contribution is -2.57. The molecule has 0 saturated carbocycles. The number of carbonyl (C=O) groups is 4. The molecule has 1 saturated heterocycles. The topological polar surface area (TPSA) is 105 Å². The highest BCUT2D eigenvalue weighted by molar-refractivity contribution is 6.16. The van der Waals surface area contributed by atoms with Gasteiger partial charge in [0, 0.05) is 12.3 Å². The van der Waals surface area contributed by atoms with Gasteiger partial charge in [-0.3, -0.25) is 20.2 Å². The summed E-state index contributed by atoms with van der Waals surface area (Å²) in [5.74, 6) is -3.15. The predicted molar refractivity (Wildman–Crippen MR) is 61.9 cm³/mol. The van der Waals surface area contributed by atoms with Crippen molar-refractivity contribution < 1.29 is 23.6 Å². The second-order valence-electron chi connectivity index (χ2n) is 4.31. The maximum Gasteiger partial charge on any atom is 0.328 e. The number of furan rings is 1. The smallest absolute Gasteiger partial charge is 0.328 e. The number of hydrogen-bond donors (Lipinski definition) is 2. The molecule has 7 nitrogen and oxygen atoms in total. The van der Waals surface area contributed by atoms with Crippen LogP contribution in [0, 0.1) is 5.92 Å². The standard InChI is InChI=1S/C12H12N2O5/c1-6(15)5-7(8-3-2-4-19-8)9-10(16)13-12(18)14-11(9)17/h2-4,7,9H,5H2,1H3,(H2,13,14,16,17,18). The van der Waals surface area contributed by atoms with E-state index >= 15 is 0 Å². The van der Waals surface area contributed by atoms with Crippen LogP contribution in [-0.2, 0) is 14.4 Å². The van der Waals surface area contributed by atoms with E-state index in [2.05, 4.69) is 0 Å². The molecule has 2 N–H and O–H groups in total. The molecule has 2 rings (SSSR count). The number of carbonyl (C=O) groups excluding carboxylic acids is 4. The Kier molecular flexibility index (Phi) is 3.46. The van der Waals surface area contributed by atoms with E-state index in [1.165, 1.54) is 13.2 Å². The van der Waals surface area contributed by atoms with Crippen molar-refractivity contribution in [1.82, 2.24) is 10.6 Å². The third kappa shape index (κ3) is 2.70. The van der Waals surface area contributed by atoms with Gasteiger partial charge in [-0.15, -0.1) is 0 Å². The lowest BCUT2D eigenvalue weighted by molar-refractivity contribution is -0.137. The maximum absolute atomic E-state index is 11.8. The largest absolute Gasteiger partial charge is 0.469 e. The van der Waals surface area contributed by atoms with Crippen molar-refractivity contribution >= 4 is 23.6 Å². The van der Waals surface area contributed by atoms with Crippen LogP contribution in [-0.4, -0.2) is 23.6 Å². The number of rotatable bonds is 4. The number of imide groups is 2. The first-order chi connectivity index (χ1) is 8.99. The maximum atomic E-state index is 11.8. The molecule has 0 aliphatic carbocycles. The highest BCUT2D eigenvalue weighted by atomic mass is 16.3. The quantitative estimate of drug-likeness (QED) is 0.762. The van der Waals surface area contributed by atoms with Crippen LogP contribution < -0.4 is 10.6 Å². The van der Waals surface area contributed by atoms with Crippen molar-refractivity contribution in [1.29, 1.82) is 0 Å². The Labute approximate surface area is 108 Å². The number of urea groups is 1. The van der Waals surface area contributed by atoms with Gasteiger partial charge in [0.1, 0.15) is 17.5 Å². The lowest BCUT2D eigenvalue weighted by Gasteiger charge is -2.26. The highest BCUT2D eigenvalue weighted by Gasteiger charge is 2.42. The molecule has 100 valence electrons. The number of ketones is 1. The fraction of sp³-hybridized carbons (Fsp3) is 0.333. The molecule has 0 spiro atoms. The molecular formula is C12H12N2O5.